The van der Waals surface area contributed by atoms with Crippen LogP contribution in [0.25, 0.3) is 5.69 Å². The highest BCUT2D eigenvalue weighted by molar-refractivity contribution is 7.99. The van der Waals surface area contributed by atoms with E-state index in [0.717, 1.165) is 0 Å². The summed E-state index contributed by atoms with van der Waals surface area (Å²) in [5.41, 5.74) is 0.0560. The highest BCUT2D eigenvalue weighted by Crippen LogP contribution is 2.28. The van der Waals surface area contributed by atoms with E-state index in [1.54, 1.807) is 16.7 Å². The van der Waals surface area contributed by atoms with Crippen molar-refractivity contribution in [2.24, 2.45) is 0 Å². The molecule has 7 nitrogen and oxygen atoms in total. The minimum atomic E-state index is -0.549. The van der Waals surface area contributed by atoms with Crippen molar-refractivity contribution in [3.8, 4) is 5.69 Å². The summed E-state index contributed by atoms with van der Waals surface area (Å²) >= 11 is 1.22. The Hall–Kier alpha value is -2.13. The number of aromatic nitrogens is 3. The third kappa shape index (κ3) is 5.20. The highest BCUT2D eigenvalue weighted by Gasteiger charge is 2.23. The lowest BCUT2D eigenvalue weighted by Gasteiger charge is -2.28. The molecule has 2 aromatic rings. The first-order valence-corrected chi connectivity index (χ1v) is 9.71. The number of carbonyl (C=O) groups excluding carboxylic acids is 1. The van der Waals surface area contributed by atoms with Crippen molar-refractivity contribution in [2.75, 3.05) is 37.0 Å². The Morgan fingerprint density at radius 3 is 2.70 bits per heavy atom. The lowest BCUT2D eigenvalue weighted by molar-refractivity contribution is -0.151. The number of hydrogen-bond acceptors (Lipinski definition) is 7. The zero-order chi connectivity index (χ0) is 19.4. The molecule has 0 bridgehead atoms. The topological polar surface area (TPSA) is 69.5 Å². The molecule has 1 fully saturated rings. The van der Waals surface area contributed by atoms with E-state index in [2.05, 4.69) is 10.2 Å². The molecule has 2 heterocycles. The van der Waals surface area contributed by atoms with Crippen LogP contribution < -0.4 is 4.90 Å². The van der Waals surface area contributed by atoms with Crippen LogP contribution >= 0.6 is 11.8 Å². The maximum atomic E-state index is 13.8. The quantitative estimate of drug-likeness (QED) is 0.570. The van der Waals surface area contributed by atoms with E-state index in [4.69, 9.17) is 9.47 Å². The molecule has 146 valence electrons. The number of esters is 1. The number of ether oxygens (including phenoxy) is 2. The van der Waals surface area contributed by atoms with E-state index < -0.39 is 5.60 Å². The normalized spacial score (nSPS) is 15.0. The molecule has 0 radical (unpaired) electrons. The van der Waals surface area contributed by atoms with Gasteiger partial charge in [0.1, 0.15) is 11.4 Å². The van der Waals surface area contributed by atoms with Gasteiger partial charge in [0, 0.05) is 13.1 Å². The Labute approximate surface area is 161 Å². The number of rotatable bonds is 5. The van der Waals surface area contributed by atoms with Crippen LogP contribution in [-0.4, -0.2) is 58.4 Å². The smallest absolute Gasteiger partial charge is 0.316 e. The van der Waals surface area contributed by atoms with Gasteiger partial charge in [-0.3, -0.25) is 9.36 Å². The summed E-state index contributed by atoms with van der Waals surface area (Å²) in [6.45, 7) is 7.99. The SMILES string of the molecule is CC(C)(C)OC(=O)CSc1nnc(N2CCOCC2)n1-c1cccc(F)c1. The molecule has 0 N–H and O–H groups in total. The van der Waals surface area contributed by atoms with Gasteiger partial charge in [-0.2, -0.15) is 0 Å². The summed E-state index contributed by atoms with van der Waals surface area (Å²) in [6.07, 6.45) is 0. The van der Waals surface area contributed by atoms with E-state index in [1.807, 2.05) is 25.7 Å². The minimum absolute atomic E-state index is 0.0911. The van der Waals surface area contributed by atoms with Crippen LogP contribution in [0.1, 0.15) is 20.8 Å². The zero-order valence-electron chi connectivity index (χ0n) is 15.6. The number of nitrogens with zero attached hydrogens (tertiary/aromatic N) is 4. The Bertz CT molecular complexity index is 800. The maximum Gasteiger partial charge on any atom is 0.316 e. The molecule has 0 atom stereocenters. The van der Waals surface area contributed by atoms with Crippen molar-refractivity contribution in [1.29, 1.82) is 0 Å². The van der Waals surface area contributed by atoms with Crippen molar-refractivity contribution >= 4 is 23.7 Å². The Balaban J connectivity index is 1.87. The van der Waals surface area contributed by atoms with Gasteiger partial charge in [0.2, 0.25) is 5.95 Å². The zero-order valence-corrected chi connectivity index (χ0v) is 16.5. The van der Waals surface area contributed by atoms with E-state index in [-0.39, 0.29) is 17.5 Å². The van der Waals surface area contributed by atoms with Gasteiger partial charge in [-0.05, 0) is 39.0 Å². The Morgan fingerprint density at radius 2 is 2.04 bits per heavy atom. The number of benzene rings is 1. The monoisotopic (exact) mass is 394 g/mol. The number of morpholine rings is 1. The molecule has 1 aliphatic rings. The molecule has 0 aliphatic carbocycles. The van der Waals surface area contributed by atoms with Gasteiger partial charge >= 0.3 is 5.97 Å². The van der Waals surface area contributed by atoms with Crippen LogP contribution in [0.3, 0.4) is 0 Å². The lowest BCUT2D eigenvalue weighted by atomic mass is 10.2. The second-order valence-electron chi connectivity index (χ2n) is 7.07. The molecule has 0 unspecified atom stereocenters. The van der Waals surface area contributed by atoms with Crippen LogP contribution in [0.4, 0.5) is 10.3 Å². The second-order valence-corrected chi connectivity index (χ2v) is 8.01. The molecule has 0 spiro atoms. The number of hydrogen-bond donors (Lipinski definition) is 0. The van der Waals surface area contributed by atoms with Crippen molar-refractivity contribution in [2.45, 2.75) is 31.5 Å². The van der Waals surface area contributed by atoms with E-state index >= 15 is 0 Å². The molecule has 1 aliphatic heterocycles. The number of thioether (sulfide) groups is 1. The van der Waals surface area contributed by atoms with Crippen molar-refractivity contribution in [3.63, 3.8) is 0 Å². The molecule has 0 saturated carbocycles. The predicted molar refractivity (Wildman–Crippen MR) is 101 cm³/mol. The standard InChI is InChI=1S/C18H23FN4O3S/c1-18(2,3)26-15(24)12-27-17-21-20-16(22-7-9-25-10-8-22)23(17)14-6-4-5-13(19)11-14/h4-6,11H,7-10,12H2,1-3H3. The van der Waals surface area contributed by atoms with Crippen LogP contribution in [-0.2, 0) is 14.3 Å². The second kappa shape index (κ2) is 8.26. The third-order valence-corrected chi connectivity index (χ3v) is 4.62. The third-order valence-electron chi connectivity index (χ3n) is 3.72. The van der Waals surface area contributed by atoms with Gasteiger partial charge in [-0.25, -0.2) is 4.39 Å². The van der Waals surface area contributed by atoms with E-state index in [0.29, 0.717) is 43.1 Å². The maximum absolute atomic E-state index is 13.8. The highest BCUT2D eigenvalue weighted by atomic mass is 32.2. The first-order valence-electron chi connectivity index (χ1n) is 8.72. The molecule has 3 rings (SSSR count). The summed E-state index contributed by atoms with van der Waals surface area (Å²) in [6, 6.07) is 6.23. The summed E-state index contributed by atoms with van der Waals surface area (Å²) in [7, 11) is 0. The van der Waals surface area contributed by atoms with Gasteiger partial charge in [0.25, 0.3) is 0 Å². The minimum Gasteiger partial charge on any atom is -0.459 e. The summed E-state index contributed by atoms with van der Waals surface area (Å²) < 4.78 is 26.3. The molecular weight excluding hydrogens is 371 g/mol. The van der Waals surface area contributed by atoms with Crippen LogP contribution in [0.5, 0.6) is 0 Å². The van der Waals surface area contributed by atoms with Crippen molar-refractivity contribution in [3.05, 3.63) is 30.1 Å². The fourth-order valence-corrected chi connectivity index (χ4v) is 3.38. The fraction of sp³-hybridized carbons (Fsp3) is 0.500. The average Bonchev–Trinajstić information content (AvgIpc) is 3.03. The number of anilines is 1. The average molecular weight is 394 g/mol. The number of carbonyl (C=O) groups is 1. The summed E-state index contributed by atoms with van der Waals surface area (Å²) in [4.78, 5) is 14.1. The van der Waals surface area contributed by atoms with Gasteiger partial charge in [0.05, 0.1) is 24.7 Å². The van der Waals surface area contributed by atoms with Gasteiger partial charge < -0.3 is 14.4 Å². The first-order chi connectivity index (χ1) is 12.8. The molecular formula is C18H23FN4O3S. The molecule has 1 aromatic carbocycles. The van der Waals surface area contributed by atoms with Gasteiger partial charge in [-0.15, -0.1) is 10.2 Å². The predicted octanol–water partition coefficient (Wildman–Crippen LogP) is 2.68. The largest absolute Gasteiger partial charge is 0.459 e. The molecule has 1 aromatic heterocycles. The summed E-state index contributed by atoms with van der Waals surface area (Å²) in [5.74, 6) is 0.00964. The first kappa shape index (κ1) is 19.6. The van der Waals surface area contributed by atoms with E-state index in [1.165, 1.54) is 23.9 Å². The molecule has 1 saturated heterocycles. The Morgan fingerprint density at radius 1 is 1.30 bits per heavy atom. The summed E-state index contributed by atoms with van der Waals surface area (Å²) in [5, 5.41) is 9.02. The van der Waals surface area contributed by atoms with Crippen molar-refractivity contribution in [1.82, 2.24) is 14.8 Å². The fourth-order valence-electron chi connectivity index (χ4n) is 2.66. The Kier molecular flexibility index (Phi) is 6.01. The van der Waals surface area contributed by atoms with Gasteiger partial charge in [0.15, 0.2) is 5.16 Å². The lowest BCUT2D eigenvalue weighted by Crippen LogP contribution is -2.37. The molecule has 0 amide bonds. The van der Waals surface area contributed by atoms with E-state index in [9.17, 15) is 9.18 Å². The van der Waals surface area contributed by atoms with Crippen molar-refractivity contribution < 1.29 is 18.7 Å². The molecule has 9 heteroatoms. The van der Waals surface area contributed by atoms with Crippen LogP contribution in [0.15, 0.2) is 29.4 Å². The molecule has 27 heavy (non-hydrogen) atoms. The van der Waals surface area contributed by atoms with Crippen LogP contribution in [0.2, 0.25) is 0 Å². The van der Waals surface area contributed by atoms with Gasteiger partial charge in [-0.1, -0.05) is 17.8 Å². The number of halogens is 1. The van der Waals surface area contributed by atoms with Crippen LogP contribution in [0, 0.1) is 5.82 Å².